The lowest BCUT2D eigenvalue weighted by Crippen LogP contribution is -2.15. The van der Waals surface area contributed by atoms with Crippen molar-refractivity contribution in [3.63, 3.8) is 0 Å². The molecule has 3 nitrogen and oxygen atoms in total. The average molecular weight is 198 g/mol. The van der Waals surface area contributed by atoms with Crippen LogP contribution >= 0.6 is 12.6 Å². The van der Waals surface area contributed by atoms with Crippen molar-refractivity contribution in [2.24, 2.45) is 0 Å². The first-order chi connectivity index (χ1) is 6.09. The van der Waals surface area contributed by atoms with Gasteiger partial charge < -0.3 is 10.2 Å². The first-order valence-electron chi connectivity index (χ1n) is 3.78. The van der Waals surface area contributed by atoms with Gasteiger partial charge in [-0.25, -0.2) is 0 Å². The lowest BCUT2D eigenvalue weighted by Gasteiger charge is -2.05. The molecule has 0 spiro atoms. The van der Waals surface area contributed by atoms with E-state index >= 15 is 0 Å². The molecule has 1 rings (SSSR count). The summed E-state index contributed by atoms with van der Waals surface area (Å²) in [5.74, 6) is -0.810. The van der Waals surface area contributed by atoms with E-state index in [0.717, 1.165) is 5.56 Å². The van der Waals surface area contributed by atoms with Gasteiger partial charge in [-0.15, -0.1) is 0 Å². The number of phenols is 1. The molecule has 13 heavy (non-hydrogen) atoms. The quantitative estimate of drug-likeness (QED) is 0.642. The normalized spacial score (nSPS) is 12.4. The zero-order chi connectivity index (χ0) is 9.84. The summed E-state index contributed by atoms with van der Waals surface area (Å²) in [4.78, 5) is 10.4. The molecule has 0 bridgehead atoms. The third-order valence-electron chi connectivity index (χ3n) is 1.62. The number of aliphatic carboxylic acids is 1. The topological polar surface area (TPSA) is 57.5 Å². The molecule has 0 saturated carbocycles. The molecule has 0 amide bonds. The minimum atomic E-state index is -0.952. The van der Waals surface area contributed by atoms with Crippen molar-refractivity contribution < 1.29 is 15.0 Å². The van der Waals surface area contributed by atoms with Gasteiger partial charge in [0.05, 0.1) is 0 Å². The highest BCUT2D eigenvalue weighted by Crippen LogP contribution is 2.14. The first kappa shape index (κ1) is 9.92. The third kappa shape index (κ3) is 2.99. The Bertz CT molecular complexity index is 311. The highest BCUT2D eigenvalue weighted by atomic mass is 32.1. The summed E-state index contributed by atoms with van der Waals surface area (Å²) in [7, 11) is 0. The van der Waals surface area contributed by atoms with Gasteiger partial charge in [0, 0.05) is 0 Å². The number of carboxylic acids is 1. The summed E-state index contributed by atoms with van der Waals surface area (Å²) in [5, 5.41) is 16.9. The molecular weight excluding hydrogens is 188 g/mol. The Labute approximate surface area is 81.4 Å². The van der Waals surface area contributed by atoms with Crippen LogP contribution in [0.15, 0.2) is 24.3 Å². The zero-order valence-corrected chi connectivity index (χ0v) is 7.74. The van der Waals surface area contributed by atoms with Gasteiger partial charge in [-0.3, -0.25) is 4.79 Å². The Hall–Kier alpha value is -1.16. The number of hydrogen-bond donors (Lipinski definition) is 3. The second-order valence-electron chi connectivity index (χ2n) is 2.73. The molecule has 0 saturated heterocycles. The molecule has 4 heteroatoms. The fourth-order valence-corrected chi connectivity index (χ4v) is 1.20. The molecule has 0 aromatic heterocycles. The number of carboxylic acid groups (broad SMARTS) is 1. The predicted octanol–water partition coefficient (Wildman–Crippen LogP) is 1.32. The van der Waals surface area contributed by atoms with Crippen LogP contribution in [0.1, 0.15) is 5.56 Å². The standard InChI is InChI=1S/C9H10O3S/c10-7-3-1-2-6(4-7)5-8(13)9(11)12/h1-4,8,10,13H,5H2,(H,11,12). The van der Waals surface area contributed by atoms with E-state index in [1.807, 2.05) is 0 Å². The van der Waals surface area contributed by atoms with Crippen molar-refractivity contribution >= 4 is 18.6 Å². The van der Waals surface area contributed by atoms with Crippen molar-refractivity contribution in [1.82, 2.24) is 0 Å². The van der Waals surface area contributed by atoms with Gasteiger partial charge in [0.15, 0.2) is 0 Å². The molecule has 0 radical (unpaired) electrons. The largest absolute Gasteiger partial charge is 0.508 e. The number of carbonyl (C=O) groups is 1. The van der Waals surface area contributed by atoms with Crippen LogP contribution in [0.5, 0.6) is 5.75 Å². The van der Waals surface area contributed by atoms with Crippen molar-refractivity contribution in [3.8, 4) is 5.75 Å². The van der Waals surface area contributed by atoms with Crippen molar-refractivity contribution in [2.75, 3.05) is 0 Å². The number of hydrogen-bond acceptors (Lipinski definition) is 3. The van der Waals surface area contributed by atoms with Crippen molar-refractivity contribution in [1.29, 1.82) is 0 Å². The summed E-state index contributed by atoms with van der Waals surface area (Å²) in [6.07, 6.45) is 0.312. The fourth-order valence-electron chi connectivity index (χ4n) is 0.994. The number of benzene rings is 1. The molecule has 0 aliphatic rings. The molecule has 1 aromatic rings. The van der Waals surface area contributed by atoms with E-state index in [4.69, 9.17) is 10.2 Å². The van der Waals surface area contributed by atoms with Gasteiger partial charge in [-0.1, -0.05) is 12.1 Å². The predicted molar refractivity (Wildman–Crippen MR) is 52.2 cm³/mol. The van der Waals surface area contributed by atoms with Crippen molar-refractivity contribution in [2.45, 2.75) is 11.7 Å². The summed E-state index contributed by atoms with van der Waals surface area (Å²) < 4.78 is 0. The Kier molecular flexibility index (Phi) is 3.19. The number of rotatable bonds is 3. The summed E-state index contributed by atoms with van der Waals surface area (Å²) in [5.41, 5.74) is 0.766. The smallest absolute Gasteiger partial charge is 0.316 e. The molecule has 0 fully saturated rings. The van der Waals surface area contributed by atoms with Crippen LogP contribution in [0.3, 0.4) is 0 Å². The lowest BCUT2D eigenvalue weighted by atomic mass is 10.1. The molecule has 2 N–H and O–H groups in total. The van der Waals surface area contributed by atoms with Gasteiger partial charge in [0.2, 0.25) is 0 Å². The zero-order valence-electron chi connectivity index (χ0n) is 6.84. The maximum atomic E-state index is 10.4. The van der Waals surface area contributed by atoms with E-state index < -0.39 is 11.2 Å². The lowest BCUT2D eigenvalue weighted by molar-refractivity contribution is -0.136. The van der Waals surface area contributed by atoms with E-state index in [2.05, 4.69) is 12.6 Å². The minimum Gasteiger partial charge on any atom is -0.508 e. The SMILES string of the molecule is O=C(O)C(S)Cc1cccc(O)c1. The molecule has 1 atom stereocenters. The van der Waals surface area contributed by atoms with Crippen molar-refractivity contribution in [3.05, 3.63) is 29.8 Å². The summed E-state index contributed by atoms with van der Waals surface area (Å²) in [6.45, 7) is 0. The summed E-state index contributed by atoms with van der Waals surface area (Å²) in [6, 6.07) is 6.50. The molecule has 70 valence electrons. The van der Waals surface area contributed by atoms with E-state index in [1.165, 1.54) is 12.1 Å². The maximum Gasteiger partial charge on any atom is 0.316 e. The molecule has 1 aromatic carbocycles. The Morgan fingerprint density at radius 1 is 1.54 bits per heavy atom. The van der Waals surface area contributed by atoms with Crippen LogP contribution in [0, 0.1) is 0 Å². The van der Waals surface area contributed by atoms with Gasteiger partial charge in [0.1, 0.15) is 11.0 Å². The number of thiol groups is 1. The van der Waals surface area contributed by atoms with E-state index in [1.54, 1.807) is 12.1 Å². The Balaban J connectivity index is 2.69. The Morgan fingerprint density at radius 2 is 2.23 bits per heavy atom. The van der Waals surface area contributed by atoms with Crippen LogP contribution in [0.4, 0.5) is 0 Å². The van der Waals surface area contributed by atoms with Crippen LogP contribution in [0.2, 0.25) is 0 Å². The minimum absolute atomic E-state index is 0.142. The van der Waals surface area contributed by atoms with Crippen LogP contribution in [-0.4, -0.2) is 21.4 Å². The van der Waals surface area contributed by atoms with Gasteiger partial charge in [-0.05, 0) is 24.1 Å². The van der Waals surface area contributed by atoms with Gasteiger partial charge in [0.25, 0.3) is 0 Å². The van der Waals surface area contributed by atoms with E-state index in [0.29, 0.717) is 6.42 Å². The average Bonchev–Trinajstić information content (AvgIpc) is 2.04. The van der Waals surface area contributed by atoms with Crippen LogP contribution in [-0.2, 0) is 11.2 Å². The van der Waals surface area contributed by atoms with Crippen LogP contribution in [0.25, 0.3) is 0 Å². The molecule has 0 heterocycles. The highest BCUT2D eigenvalue weighted by molar-refractivity contribution is 7.81. The molecule has 0 aliphatic carbocycles. The Morgan fingerprint density at radius 3 is 2.77 bits per heavy atom. The second-order valence-corrected chi connectivity index (χ2v) is 3.35. The molecule has 0 aliphatic heterocycles. The van der Waals surface area contributed by atoms with Gasteiger partial charge >= 0.3 is 5.97 Å². The first-order valence-corrected chi connectivity index (χ1v) is 4.30. The molecule has 1 unspecified atom stereocenters. The highest BCUT2D eigenvalue weighted by Gasteiger charge is 2.12. The number of aromatic hydroxyl groups is 1. The van der Waals surface area contributed by atoms with Gasteiger partial charge in [-0.2, -0.15) is 12.6 Å². The summed E-state index contributed by atoms with van der Waals surface area (Å²) >= 11 is 3.89. The second kappa shape index (κ2) is 4.18. The number of phenolic OH excluding ortho intramolecular Hbond substituents is 1. The molecular formula is C9H10O3S. The monoisotopic (exact) mass is 198 g/mol. The fraction of sp³-hybridized carbons (Fsp3) is 0.222. The third-order valence-corrected chi connectivity index (χ3v) is 2.03. The van der Waals surface area contributed by atoms with E-state index in [-0.39, 0.29) is 5.75 Å². The van der Waals surface area contributed by atoms with Crippen LogP contribution < -0.4 is 0 Å². The van der Waals surface area contributed by atoms with E-state index in [9.17, 15) is 4.79 Å². The maximum absolute atomic E-state index is 10.4.